The molecule has 0 spiro atoms. The second-order valence-corrected chi connectivity index (χ2v) is 2.94. The molecule has 1 aliphatic carbocycles. The van der Waals surface area contributed by atoms with Gasteiger partial charge in [-0.25, -0.2) is 0 Å². The third-order valence-corrected chi connectivity index (χ3v) is 2.56. The first-order chi connectivity index (χ1) is 3.87. The van der Waals surface area contributed by atoms with E-state index in [2.05, 4.69) is 17.7 Å². The average Bonchev–Trinajstić information content (AvgIpc) is 2.38. The molecular formula is C6H12N2V. The van der Waals surface area contributed by atoms with Gasteiger partial charge in [-0.05, 0) is 25.9 Å². The van der Waals surface area contributed by atoms with Gasteiger partial charge in [0.1, 0.15) is 0 Å². The zero-order valence-corrected chi connectivity index (χ0v) is 7.04. The van der Waals surface area contributed by atoms with Crippen LogP contribution in [0.4, 0.5) is 0 Å². The summed E-state index contributed by atoms with van der Waals surface area (Å²) in [4.78, 5) is 0. The molecule has 9 heavy (non-hydrogen) atoms. The number of rotatable bonds is 1. The maximum absolute atomic E-state index is 3.35. The van der Waals surface area contributed by atoms with Gasteiger partial charge in [-0.1, -0.05) is 0 Å². The summed E-state index contributed by atoms with van der Waals surface area (Å²) < 4.78 is 0. The Morgan fingerprint density at radius 2 is 2.44 bits per heavy atom. The molecule has 0 amide bonds. The van der Waals surface area contributed by atoms with Crippen molar-refractivity contribution in [2.24, 2.45) is 5.92 Å². The molecule has 0 bridgehead atoms. The first kappa shape index (κ1) is 7.61. The Hall–Kier alpha value is 0.504. The normalized spacial score (nSPS) is 45.7. The third kappa shape index (κ3) is 0.946. The van der Waals surface area contributed by atoms with Crippen LogP contribution in [0.2, 0.25) is 0 Å². The molecule has 1 heterocycles. The molecule has 2 N–H and O–H groups in total. The Bertz CT molecular complexity index is 114. The van der Waals surface area contributed by atoms with Gasteiger partial charge < -0.3 is 10.6 Å². The molecule has 2 atom stereocenters. The second kappa shape index (κ2) is 2.28. The van der Waals surface area contributed by atoms with E-state index in [0.29, 0.717) is 5.54 Å². The molecule has 1 saturated heterocycles. The van der Waals surface area contributed by atoms with Crippen molar-refractivity contribution in [3.05, 3.63) is 0 Å². The van der Waals surface area contributed by atoms with Crippen molar-refractivity contribution in [1.29, 1.82) is 0 Å². The molecule has 0 aromatic heterocycles. The number of hydrogen-bond donors (Lipinski definition) is 2. The van der Waals surface area contributed by atoms with Crippen molar-refractivity contribution in [3.8, 4) is 0 Å². The molecule has 51 valence electrons. The SMILES string of the molecule is CNC12CNCC1C2.[V]. The van der Waals surface area contributed by atoms with Crippen LogP contribution in [-0.2, 0) is 18.6 Å². The molecule has 0 aromatic rings. The quantitative estimate of drug-likeness (QED) is 0.548. The molecule has 2 aliphatic rings. The van der Waals surface area contributed by atoms with Gasteiger partial charge in [0.25, 0.3) is 0 Å². The second-order valence-electron chi connectivity index (χ2n) is 2.94. The van der Waals surface area contributed by atoms with E-state index in [1.165, 1.54) is 19.5 Å². The summed E-state index contributed by atoms with van der Waals surface area (Å²) in [5, 5.41) is 6.70. The topological polar surface area (TPSA) is 24.1 Å². The average molecular weight is 163 g/mol. The summed E-state index contributed by atoms with van der Waals surface area (Å²) in [7, 11) is 2.06. The fourth-order valence-electron chi connectivity index (χ4n) is 1.73. The van der Waals surface area contributed by atoms with E-state index in [1.807, 2.05) is 0 Å². The van der Waals surface area contributed by atoms with Gasteiger partial charge in [0, 0.05) is 30.6 Å². The molecular weight excluding hydrogens is 151 g/mol. The minimum Gasteiger partial charge on any atom is -0.315 e. The van der Waals surface area contributed by atoms with Gasteiger partial charge in [-0.15, -0.1) is 0 Å². The van der Waals surface area contributed by atoms with E-state index >= 15 is 0 Å². The number of fused-ring (bicyclic) bond motifs is 1. The summed E-state index contributed by atoms with van der Waals surface area (Å²) >= 11 is 0. The van der Waals surface area contributed by atoms with E-state index in [4.69, 9.17) is 0 Å². The maximum Gasteiger partial charge on any atom is 0.0348 e. The van der Waals surface area contributed by atoms with Crippen LogP contribution >= 0.6 is 0 Å². The monoisotopic (exact) mass is 163 g/mol. The maximum atomic E-state index is 3.35. The molecule has 2 rings (SSSR count). The van der Waals surface area contributed by atoms with Crippen LogP contribution in [0.3, 0.4) is 0 Å². The van der Waals surface area contributed by atoms with E-state index in [-0.39, 0.29) is 18.6 Å². The summed E-state index contributed by atoms with van der Waals surface area (Å²) in [5.74, 6) is 0.951. The standard InChI is InChI=1S/C6H12N2.V/c1-7-6-2-5(6)3-8-4-6;/h5,7-8H,2-4H2,1H3;. The molecule has 2 fully saturated rings. The van der Waals surface area contributed by atoms with E-state index in [9.17, 15) is 0 Å². The Morgan fingerprint density at radius 1 is 1.67 bits per heavy atom. The Kier molecular flexibility index (Phi) is 1.92. The number of nitrogens with one attached hydrogen (secondary N) is 2. The summed E-state index contributed by atoms with van der Waals surface area (Å²) in [6.07, 6.45) is 1.40. The smallest absolute Gasteiger partial charge is 0.0348 e. The van der Waals surface area contributed by atoms with Crippen LogP contribution in [0.1, 0.15) is 6.42 Å². The van der Waals surface area contributed by atoms with Crippen LogP contribution in [0.15, 0.2) is 0 Å². The summed E-state index contributed by atoms with van der Waals surface area (Å²) in [6.45, 7) is 2.43. The van der Waals surface area contributed by atoms with Crippen molar-refractivity contribution >= 4 is 0 Å². The first-order valence-corrected chi connectivity index (χ1v) is 3.27. The fraction of sp³-hybridized carbons (Fsp3) is 1.00. The van der Waals surface area contributed by atoms with E-state index in [1.54, 1.807) is 0 Å². The van der Waals surface area contributed by atoms with E-state index < -0.39 is 0 Å². The van der Waals surface area contributed by atoms with Crippen LogP contribution in [-0.4, -0.2) is 25.7 Å². The van der Waals surface area contributed by atoms with Crippen molar-refractivity contribution in [1.82, 2.24) is 10.6 Å². The Morgan fingerprint density at radius 3 is 2.67 bits per heavy atom. The van der Waals surface area contributed by atoms with Crippen LogP contribution in [0, 0.1) is 5.92 Å². The fourth-order valence-corrected chi connectivity index (χ4v) is 1.73. The van der Waals surface area contributed by atoms with Crippen LogP contribution in [0.25, 0.3) is 0 Å². The summed E-state index contributed by atoms with van der Waals surface area (Å²) in [5.41, 5.74) is 0.542. The van der Waals surface area contributed by atoms with Gasteiger partial charge in [0.05, 0.1) is 0 Å². The number of hydrogen-bond acceptors (Lipinski definition) is 2. The third-order valence-electron chi connectivity index (χ3n) is 2.56. The molecule has 0 aromatic carbocycles. The molecule has 1 radical (unpaired) electrons. The zero-order valence-electron chi connectivity index (χ0n) is 5.65. The summed E-state index contributed by atoms with van der Waals surface area (Å²) in [6, 6.07) is 0. The number of likely N-dealkylation sites (N-methyl/N-ethyl adjacent to an activating group) is 1. The minimum absolute atomic E-state index is 0. The zero-order chi connectivity index (χ0) is 5.61. The molecule has 2 unspecified atom stereocenters. The number of piperidine rings is 1. The van der Waals surface area contributed by atoms with Crippen molar-refractivity contribution in [2.45, 2.75) is 12.0 Å². The minimum atomic E-state index is 0. The van der Waals surface area contributed by atoms with Crippen LogP contribution in [0.5, 0.6) is 0 Å². The molecule has 1 saturated carbocycles. The predicted octanol–water partition coefficient (Wildman–Crippen LogP) is -0.435. The van der Waals surface area contributed by atoms with Crippen molar-refractivity contribution in [2.75, 3.05) is 20.1 Å². The van der Waals surface area contributed by atoms with Gasteiger partial charge in [0.15, 0.2) is 0 Å². The van der Waals surface area contributed by atoms with Crippen molar-refractivity contribution in [3.63, 3.8) is 0 Å². The Labute approximate surface area is 67.7 Å². The predicted molar refractivity (Wildman–Crippen MR) is 32.8 cm³/mol. The van der Waals surface area contributed by atoms with Gasteiger partial charge in [0.2, 0.25) is 0 Å². The Balaban J connectivity index is 0.000000405. The molecule has 2 nitrogen and oxygen atoms in total. The molecule has 3 heteroatoms. The van der Waals surface area contributed by atoms with Gasteiger partial charge in [-0.3, -0.25) is 0 Å². The molecule has 1 aliphatic heterocycles. The first-order valence-electron chi connectivity index (χ1n) is 3.27. The van der Waals surface area contributed by atoms with E-state index in [0.717, 1.165) is 5.92 Å². The van der Waals surface area contributed by atoms with Gasteiger partial charge in [-0.2, -0.15) is 0 Å². The van der Waals surface area contributed by atoms with Gasteiger partial charge >= 0.3 is 0 Å². The largest absolute Gasteiger partial charge is 0.315 e. The van der Waals surface area contributed by atoms with Crippen LogP contribution < -0.4 is 10.6 Å². The van der Waals surface area contributed by atoms with Crippen molar-refractivity contribution < 1.29 is 18.6 Å².